The highest BCUT2D eigenvalue weighted by molar-refractivity contribution is 5.89. The number of nitrogens with one attached hydrogen (secondary N) is 1. The molecule has 0 saturated carbocycles. The zero-order chi connectivity index (χ0) is 20.6. The molecule has 1 aromatic carbocycles. The first-order valence-corrected chi connectivity index (χ1v) is 9.64. The summed E-state index contributed by atoms with van der Waals surface area (Å²) >= 11 is 0. The van der Waals surface area contributed by atoms with Gasteiger partial charge >= 0.3 is 12.1 Å². The van der Waals surface area contributed by atoms with Crippen molar-refractivity contribution in [2.24, 2.45) is 0 Å². The standard InChI is InChI=1S/C20H25N5O4/c1-3-28-18(26)15-5-7-16(8-6-15)22-17-9-10-21-19(23-17)24-11-13-25(14-12-24)20(27)29-4-2/h5-10H,3-4,11-14H2,1-2H3,(H,21,22,23). The number of carbonyl (C=O) groups excluding carboxylic acids is 2. The second kappa shape index (κ2) is 9.72. The van der Waals surface area contributed by atoms with Gasteiger partial charge < -0.3 is 24.6 Å². The van der Waals surface area contributed by atoms with Crippen LogP contribution in [0.3, 0.4) is 0 Å². The molecule has 0 atom stereocenters. The van der Waals surface area contributed by atoms with Crippen LogP contribution in [0.1, 0.15) is 24.2 Å². The van der Waals surface area contributed by atoms with Gasteiger partial charge in [0, 0.05) is 38.1 Å². The third-order valence-electron chi connectivity index (χ3n) is 4.40. The first kappa shape index (κ1) is 20.4. The van der Waals surface area contributed by atoms with Gasteiger partial charge in [-0.25, -0.2) is 14.6 Å². The van der Waals surface area contributed by atoms with Crippen molar-refractivity contribution >= 4 is 29.5 Å². The van der Waals surface area contributed by atoms with Crippen LogP contribution in [0.5, 0.6) is 0 Å². The maximum absolute atomic E-state index is 11.8. The zero-order valence-electron chi connectivity index (χ0n) is 16.6. The zero-order valence-corrected chi connectivity index (χ0v) is 16.6. The molecule has 2 heterocycles. The van der Waals surface area contributed by atoms with Crippen molar-refractivity contribution in [3.05, 3.63) is 42.1 Å². The normalized spacial score (nSPS) is 13.7. The van der Waals surface area contributed by atoms with Gasteiger partial charge in [0.1, 0.15) is 5.82 Å². The predicted octanol–water partition coefficient (Wildman–Crippen LogP) is 2.68. The van der Waals surface area contributed by atoms with E-state index < -0.39 is 0 Å². The van der Waals surface area contributed by atoms with Gasteiger partial charge in [0.15, 0.2) is 0 Å². The van der Waals surface area contributed by atoms with E-state index in [4.69, 9.17) is 9.47 Å². The quantitative estimate of drug-likeness (QED) is 0.741. The molecule has 29 heavy (non-hydrogen) atoms. The Bertz CT molecular complexity index is 835. The molecule has 0 aliphatic carbocycles. The number of hydrogen-bond donors (Lipinski definition) is 1. The highest BCUT2D eigenvalue weighted by Gasteiger charge is 2.23. The van der Waals surface area contributed by atoms with Crippen LogP contribution in [0, 0.1) is 0 Å². The van der Waals surface area contributed by atoms with Crippen LogP contribution in [-0.4, -0.2) is 66.3 Å². The molecule has 9 nitrogen and oxygen atoms in total. The number of hydrogen-bond acceptors (Lipinski definition) is 8. The van der Waals surface area contributed by atoms with Crippen molar-refractivity contribution in [1.29, 1.82) is 0 Å². The lowest BCUT2D eigenvalue weighted by Gasteiger charge is -2.34. The third-order valence-corrected chi connectivity index (χ3v) is 4.40. The molecule has 1 fully saturated rings. The molecule has 3 rings (SSSR count). The largest absolute Gasteiger partial charge is 0.462 e. The van der Waals surface area contributed by atoms with Crippen molar-refractivity contribution in [3.8, 4) is 0 Å². The van der Waals surface area contributed by atoms with Crippen LogP contribution in [0.25, 0.3) is 0 Å². The Kier molecular flexibility index (Phi) is 6.83. The smallest absolute Gasteiger partial charge is 0.409 e. The first-order chi connectivity index (χ1) is 14.1. The third kappa shape index (κ3) is 5.34. The number of ether oxygens (including phenoxy) is 2. The molecule has 0 bridgehead atoms. The Morgan fingerprint density at radius 3 is 2.34 bits per heavy atom. The fourth-order valence-electron chi connectivity index (χ4n) is 2.93. The van der Waals surface area contributed by atoms with E-state index >= 15 is 0 Å². The number of nitrogens with zero attached hydrogens (tertiary/aromatic N) is 4. The van der Waals surface area contributed by atoms with E-state index in [9.17, 15) is 9.59 Å². The molecule has 1 aliphatic rings. The molecule has 1 amide bonds. The Balaban J connectivity index is 1.60. The van der Waals surface area contributed by atoms with Gasteiger partial charge in [0.05, 0.1) is 18.8 Å². The van der Waals surface area contributed by atoms with Gasteiger partial charge in [0.25, 0.3) is 0 Å². The van der Waals surface area contributed by atoms with Crippen molar-refractivity contribution < 1.29 is 19.1 Å². The molecule has 0 spiro atoms. The highest BCUT2D eigenvalue weighted by Crippen LogP contribution is 2.19. The summed E-state index contributed by atoms with van der Waals surface area (Å²) in [4.78, 5) is 36.2. The van der Waals surface area contributed by atoms with E-state index in [1.807, 2.05) is 4.90 Å². The average molecular weight is 399 g/mol. The van der Waals surface area contributed by atoms with Crippen molar-refractivity contribution in [3.63, 3.8) is 0 Å². The van der Waals surface area contributed by atoms with Gasteiger partial charge in [-0.3, -0.25) is 0 Å². The second-order valence-electron chi connectivity index (χ2n) is 6.34. The van der Waals surface area contributed by atoms with Crippen LogP contribution in [-0.2, 0) is 9.47 Å². The number of amides is 1. The van der Waals surface area contributed by atoms with E-state index in [1.165, 1.54) is 0 Å². The maximum atomic E-state index is 11.8. The van der Waals surface area contributed by atoms with Crippen LogP contribution >= 0.6 is 0 Å². The number of benzene rings is 1. The van der Waals surface area contributed by atoms with E-state index in [0.29, 0.717) is 56.7 Å². The van der Waals surface area contributed by atoms with Crippen molar-refractivity contribution in [2.45, 2.75) is 13.8 Å². The summed E-state index contributed by atoms with van der Waals surface area (Å²) in [6.45, 7) is 6.69. The number of carbonyl (C=O) groups is 2. The summed E-state index contributed by atoms with van der Waals surface area (Å²) in [5, 5.41) is 3.21. The SMILES string of the molecule is CCOC(=O)c1ccc(Nc2ccnc(N3CCN(C(=O)OCC)CC3)n2)cc1. The summed E-state index contributed by atoms with van der Waals surface area (Å²) < 4.78 is 10.0. The van der Waals surface area contributed by atoms with Gasteiger partial charge in [-0.05, 0) is 44.2 Å². The van der Waals surface area contributed by atoms with E-state index in [2.05, 4.69) is 15.3 Å². The Morgan fingerprint density at radius 2 is 1.69 bits per heavy atom. The number of anilines is 3. The molecular weight excluding hydrogens is 374 g/mol. The maximum Gasteiger partial charge on any atom is 0.409 e. The minimum absolute atomic E-state index is 0.283. The topological polar surface area (TPSA) is 96.9 Å². The van der Waals surface area contributed by atoms with E-state index in [1.54, 1.807) is 55.3 Å². The summed E-state index contributed by atoms with van der Waals surface area (Å²) in [5.41, 5.74) is 1.30. The van der Waals surface area contributed by atoms with Gasteiger partial charge in [-0.1, -0.05) is 0 Å². The summed E-state index contributed by atoms with van der Waals surface area (Å²) in [6.07, 6.45) is 1.41. The van der Waals surface area contributed by atoms with Crippen LogP contribution < -0.4 is 10.2 Å². The molecule has 154 valence electrons. The monoisotopic (exact) mass is 399 g/mol. The van der Waals surface area contributed by atoms with E-state index in [-0.39, 0.29) is 12.1 Å². The van der Waals surface area contributed by atoms with Crippen molar-refractivity contribution in [1.82, 2.24) is 14.9 Å². The number of aromatic nitrogens is 2. The lowest BCUT2D eigenvalue weighted by atomic mass is 10.2. The molecule has 2 aromatic rings. The minimum Gasteiger partial charge on any atom is -0.462 e. The molecule has 1 aliphatic heterocycles. The molecule has 1 aromatic heterocycles. The molecule has 1 N–H and O–H groups in total. The minimum atomic E-state index is -0.342. The molecule has 0 radical (unpaired) electrons. The van der Waals surface area contributed by atoms with Gasteiger partial charge in [0.2, 0.25) is 5.95 Å². The fourth-order valence-corrected chi connectivity index (χ4v) is 2.93. The lowest BCUT2D eigenvalue weighted by Crippen LogP contribution is -2.49. The number of rotatable bonds is 6. The lowest BCUT2D eigenvalue weighted by molar-refractivity contribution is 0.0526. The van der Waals surface area contributed by atoms with Gasteiger partial charge in [-0.15, -0.1) is 0 Å². The number of esters is 1. The predicted molar refractivity (Wildman–Crippen MR) is 109 cm³/mol. The molecule has 0 unspecified atom stereocenters. The Hall–Kier alpha value is -3.36. The average Bonchev–Trinajstić information content (AvgIpc) is 2.75. The highest BCUT2D eigenvalue weighted by atomic mass is 16.6. The molecule has 1 saturated heterocycles. The first-order valence-electron chi connectivity index (χ1n) is 9.64. The molecular formula is C20H25N5O4. The van der Waals surface area contributed by atoms with E-state index in [0.717, 1.165) is 5.69 Å². The second-order valence-corrected chi connectivity index (χ2v) is 6.34. The number of piperazine rings is 1. The molecule has 9 heteroatoms. The fraction of sp³-hybridized carbons (Fsp3) is 0.400. The van der Waals surface area contributed by atoms with Gasteiger partial charge in [-0.2, -0.15) is 4.98 Å². The summed E-state index contributed by atoms with van der Waals surface area (Å²) in [6, 6.07) is 8.78. The van der Waals surface area contributed by atoms with Crippen molar-refractivity contribution in [2.75, 3.05) is 49.6 Å². The Morgan fingerprint density at radius 1 is 1.00 bits per heavy atom. The Labute approximate surface area is 169 Å². The van der Waals surface area contributed by atoms with Crippen LogP contribution in [0.2, 0.25) is 0 Å². The van der Waals surface area contributed by atoms with Crippen LogP contribution in [0.15, 0.2) is 36.5 Å². The van der Waals surface area contributed by atoms with Crippen LogP contribution in [0.4, 0.5) is 22.2 Å². The summed E-state index contributed by atoms with van der Waals surface area (Å²) in [5.74, 6) is 0.902. The summed E-state index contributed by atoms with van der Waals surface area (Å²) in [7, 11) is 0.